The van der Waals surface area contributed by atoms with E-state index < -0.39 is 0 Å². The van der Waals surface area contributed by atoms with Gasteiger partial charge in [-0.05, 0) is 25.0 Å². The fourth-order valence-corrected chi connectivity index (χ4v) is 2.02. The highest BCUT2D eigenvalue weighted by atomic mass is 16.6. The van der Waals surface area contributed by atoms with Crippen molar-refractivity contribution in [2.75, 3.05) is 0 Å². The van der Waals surface area contributed by atoms with Gasteiger partial charge in [-0.3, -0.25) is 10.1 Å². The average Bonchev–Trinajstić information content (AvgIpc) is 2.46. The molecular weight excluding hydrogens is 252 g/mol. The first-order valence-corrected chi connectivity index (χ1v) is 6.59. The highest BCUT2D eigenvalue weighted by Gasteiger charge is 2.08. The zero-order valence-corrected chi connectivity index (χ0v) is 11.7. The molecule has 1 atom stereocenters. The molecule has 0 aliphatic rings. The summed E-state index contributed by atoms with van der Waals surface area (Å²) < 4.78 is 0. The summed E-state index contributed by atoms with van der Waals surface area (Å²) in [7, 11) is 0. The second-order valence-electron chi connectivity index (χ2n) is 4.94. The molecular formula is C16H18N2O2. The number of nitro benzene ring substituents is 1. The van der Waals surface area contributed by atoms with Crippen LogP contribution in [0, 0.1) is 17.0 Å². The van der Waals surface area contributed by atoms with Crippen molar-refractivity contribution in [2.45, 2.75) is 26.4 Å². The maximum absolute atomic E-state index is 10.7. The number of nitrogens with one attached hydrogen (secondary N) is 1. The molecule has 104 valence electrons. The van der Waals surface area contributed by atoms with Gasteiger partial charge in [0.2, 0.25) is 0 Å². The van der Waals surface area contributed by atoms with E-state index in [1.165, 1.54) is 17.2 Å². The lowest BCUT2D eigenvalue weighted by Crippen LogP contribution is -2.18. The summed E-state index contributed by atoms with van der Waals surface area (Å²) in [6.45, 7) is 4.75. The fraction of sp³-hybridized carbons (Fsp3) is 0.250. The van der Waals surface area contributed by atoms with Crippen molar-refractivity contribution < 1.29 is 4.92 Å². The van der Waals surface area contributed by atoms with Crippen molar-refractivity contribution in [3.05, 3.63) is 75.3 Å². The predicted octanol–water partition coefficient (Wildman–Crippen LogP) is 3.75. The summed E-state index contributed by atoms with van der Waals surface area (Å²) in [5.74, 6) is 0. The van der Waals surface area contributed by atoms with Gasteiger partial charge >= 0.3 is 0 Å². The minimum absolute atomic E-state index is 0.132. The molecule has 20 heavy (non-hydrogen) atoms. The van der Waals surface area contributed by atoms with Gasteiger partial charge in [-0.15, -0.1) is 0 Å². The Balaban J connectivity index is 1.99. The average molecular weight is 270 g/mol. The van der Waals surface area contributed by atoms with E-state index in [1.54, 1.807) is 12.1 Å². The van der Waals surface area contributed by atoms with Gasteiger partial charge in [-0.25, -0.2) is 0 Å². The lowest BCUT2D eigenvalue weighted by molar-refractivity contribution is -0.384. The summed E-state index contributed by atoms with van der Waals surface area (Å²) in [4.78, 5) is 10.4. The van der Waals surface area contributed by atoms with Crippen molar-refractivity contribution in [1.82, 2.24) is 5.32 Å². The first-order chi connectivity index (χ1) is 9.56. The molecule has 4 nitrogen and oxygen atoms in total. The number of hydrogen-bond donors (Lipinski definition) is 1. The van der Waals surface area contributed by atoms with Crippen LogP contribution in [0.4, 0.5) is 5.69 Å². The summed E-state index contributed by atoms with van der Waals surface area (Å²) in [5, 5.41) is 14.1. The molecule has 0 unspecified atom stereocenters. The van der Waals surface area contributed by atoms with Crippen molar-refractivity contribution in [3.63, 3.8) is 0 Å². The highest BCUT2D eigenvalue weighted by molar-refractivity contribution is 5.34. The van der Waals surface area contributed by atoms with Crippen LogP contribution in [-0.4, -0.2) is 4.92 Å². The topological polar surface area (TPSA) is 55.2 Å². The van der Waals surface area contributed by atoms with Gasteiger partial charge in [0.05, 0.1) is 4.92 Å². The second kappa shape index (κ2) is 6.30. The van der Waals surface area contributed by atoms with Crippen LogP contribution in [0.3, 0.4) is 0 Å². The van der Waals surface area contributed by atoms with Gasteiger partial charge in [-0.2, -0.15) is 0 Å². The molecule has 2 aromatic rings. The fourth-order valence-electron chi connectivity index (χ4n) is 2.02. The van der Waals surface area contributed by atoms with Crippen molar-refractivity contribution in [3.8, 4) is 0 Å². The number of nitro groups is 1. The lowest BCUT2D eigenvalue weighted by atomic mass is 10.1. The monoisotopic (exact) mass is 270 g/mol. The van der Waals surface area contributed by atoms with Crippen LogP contribution in [0.25, 0.3) is 0 Å². The first kappa shape index (κ1) is 14.2. The maximum atomic E-state index is 10.7. The molecule has 0 heterocycles. The van der Waals surface area contributed by atoms with E-state index in [4.69, 9.17) is 0 Å². The van der Waals surface area contributed by atoms with Crippen LogP contribution < -0.4 is 5.32 Å². The van der Waals surface area contributed by atoms with Crippen LogP contribution in [0.15, 0.2) is 48.5 Å². The number of rotatable bonds is 5. The van der Waals surface area contributed by atoms with E-state index >= 15 is 0 Å². The van der Waals surface area contributed by atoms with E-state index in [0.717, 1.165) is 5.56 Å². The molecule has 0 amide bonds. The molecule has 0 radical (unpaired) electrons. The molecule has 2 aromatic carbocycles. The number of benzene rings is 2. The number of hydrogen-bond acceptors (Lipinski definition) is 3. The van der Waals surface area contributed by atoms with Gasteiger partial charge in [-0.1, -0.05) is 42.0 Å². The van der Waals surface area contributed by atoms with Gasteiger partial charge < -0.3 is 5.32 Å². The second-order valence-corrected chi connectivity index (χ2v) is 4.94. The Hall–Kier alpha value is -2.20. The van der Waals surface area contributed by atoms with Crippen LogP contribution in [-0.2, 0) is 6.54 Å². The molecule has 4 heteroatoms. The van der Waals surface area contributed by atoms with Crippen LogP contribution in [0.2, 0.25) is 0 Å². The smallest absolute Gasteiger partial charge is 0.269 e. The van der Waals surface area contributed by atoms with Gasteiger partial charge in [0, 0.05) is 24.7 Å². The minimum Gasteiger partial charge on any atom is -0.306 e. The summed E-state index contributed by atoms with van der Waals surface area (Å²) in [6.07, 6.45) is 0. The van der Waals surface area contributed by atoms with Crippen LogP contribution in [0.1, 0.15) is 29.7 Å². The maximum Gasteiger partial charge on any atom is 0.269 e. The van der Waals surface area contributed by atoms with Gasteiger partial charge in [0.25, 0.3) is 5.69 Å². The Bertz CT molecular complexity index is 594. The molecule has 0 spiro atoms. The third-order valence-corrected chi connectivity index (χ3v) is 3.31. The normalized spacial score (nSPS) is 12.1. The third kappa shape index (κ3) is 3.65. The van der Waals surface area contributed by atoms with E-state index in [1.807, 2.05) is 6.07 Å². The Morgan fingerprint density at radius 2 is 1.90 bits per heavy atom. The van der Waals surface area contributed by atoms with Crippen LogP contribution in [0.5, 0.6) is 0 Å². The quantitative estimate of drug-likeness (QED) is 0.665. The Morgan fingerprint density at radius 3 is 2.55 bits per heavy atom. The lowest BCUT2D eigenvalue weighted by Gasteiger charge is -2.14. The molecule has 0 bridgehead atoms. The number of non-ortho nitro benzene ring substituents is 1. The van der Waals surface area contributed by atoms with E-state index in [-0.39, 0.29) is 16.7 Å². The zero-order valence-electron chi connectivity index (χ0n) is 11.7. The minimum atomic E-state index is -0.368. The molecule has 0 fully saturated rings. The van der Waals surface area contributed by atoms with Crippen LogP contribution >= 0.6 is 0 Å². The largest absolute Gasteiger partial charge is 0.306 e. The molecule has 0 aliphatic heterocycles. The first-order valence-electron chi connectivity index (χ1n) is 6.59. The van der Waals surface area contributed by atoms with E-state index in [9.17, 15) is 10.1 Å². The molecule has 1 N–H and O–H groups in total. The molecule has 0 saturated carbocycles. The molecule has 2 rings (SSSR count). The van der Waals surface area contributed by atoms with Gasteiger partial charge in [0.1, 0.15) is 0 Å². The third-order valence-electron chi connectivity index (χ3n) is 3.31. The number of aryl methyl sites for hydroxylation is 1. The van der Waals surface area contributed by atoms with Crippen molar-refractivity contribution >= 4 is 5.69 Å². The predicted molar refractivity (Wildman–Crippen MR) is 79.5 cm³/mol. The summed E-state index contributed by atoms with van der Waals surface area (Å²) in [6, 6.07) is 15.3. The highest BCUT2D eigenvalue weighted by Crippen LogP contribution is 2.16. The van der Waals surface area contributed by atoms with Crippen molar-refractivity contribution in [1.29, 1.82) is 0 Å². The van der Waals surface area contributed by atoms with Gasteiger partial charge in [0.15, 0.2) is 0 Å². The Labute approximate surface area is 118 Å². The Morgan fingerprint density at radius 1 is 1.20 bits per heavy atom. The van der Waals surface area contributed by atoms with Crippen molar-refractivity contribution in [2.24, 2.45) is 0 Å². The number of nitrogens with zero attached hydrogens (tertiary/aromatic N) is 1. The summed E-state index contributed by atoms with van der Waals surface area (Å²) in [5.41, 5.74) is 3.49. The molecule has 0 saturated heterocycles. The summed E-state index contributed by atoms with van der Waals surface area (Å²) >= 11 is 0. The SMILES string of the molecule is Cc1ccc([C@@H](C)NCc2cccc([N+](=O)[O-])c2)cc1. The van der Waals surface area contributed by atoms with E-state index in [2.05, 4.69) is 43.4 Å². The zero-order chi connectivity index (χ0) is 14.5. The molecule has 0 aromatic heterocycles. The Kier molecular flexibility index (Phi) is 4.48. The van der Waals surface area contributed by atoms with E-state index in [0.29, 0.717) is 6.54 Å². The molecule has 0 aliphatic carbocycles. The standard InChI is InChI=1S/C16H18N2O2/c1-12-6-8-15(9-7-12)13(2)17-11-14-4-3-5-16(10-14)18(19)20/h3-10,13,17H,11H2,1-2H3/t13-/m1/s1.